The van der Waals surface area contributed by atoms with Crippen LogP contribution < -0.4 is 5.73 Å². The van der Waals surface area contributed by atoms with Crippen molar-refractivity contribution in [3.8, 4) is 0 Å². The first kappa shape index (κ1) is 9.79. The Kier molecular flexibility index (Phi) is 3.07. The van der Waals surface area contributed by atoms with Crippen molar-refractivity contribution in [3.05, 3.63) is 0 Å². The van der Waals surface area contributed by atoms with Crippen molar-refractivity contribution in [1.82, 2.24) is 4.90 Å². The number of amides is 1. The summed E-state index contributed by atoms with van der Waals surface area (Å²) in [6.07, 6.45) is -1.31. The first-order chi connectivity index (χ1) is 6.19. The van der Waals surface area contributed by atoms with Crippen LogP contribution in [0.4, 0.5) is 4.79 Å². The number of esters is 1. The fourth-order valence-electron chi connectivity index (χ4n) is 1.10. The number of cyclic esters (lactones) is 1. The Bertz CT molecular complexity index is 219. The maximum absolute atomic E-state index is 11.0. The maximum Gasteiger partial charge on any atom is 0.410 e. The lowest BCUT2D eigenvalue weighted by Gasteiger charge is -2.09. The summed E-state index contributed by atoms with van der Waals surface area (Å²) in [5.74, 6) is -0.534. The summed E-state index contributed by atoms with van der Waals surface area (Å²) in [4.78, 5) is 23.4. The minimum absolute atomic E-state index is 0.225. The number of methoxy groups -OCH3 is 1. The fraction of sp³-hybridized carbons (Fsp3) is 0.714. The second-order valence-corrected chi connectivity index (χ2v) is 2.63. The molecule has 0 aromatic heterocycles. The van der Waals surface area contributed by atoms with Crippen LogP contribution in [0.2, 0.25) is 0 Å². The molecule has 0 spiro atoms. The highest BCUT2D eigenvalue weighted by molar-refractivity contribution is 5.82. The molecule has 6 nitrogen and oxygen atoms in total. The van der Waals surface area contributed by atoms with Crippen LogP contribution in [-0.2, 0) is 14.3 Å². The molecule has 2 N–H and O–H groups in total. The Morgan fingerprint density at radius 2 is 2.54 bits per heavy atom. The Labute approximate surface area is 75.6 Å². The van der Waals surface area contributed by atoms with Gasteiger partial charge in [0, 0.05) is 13.1 Å². The second kappa shape index (κ2) is 4.08. The molecule has 1 unspecified atom stereocenters. The van der Waals surface area contributed by atoms with Gasteiger partial charge in [-0.2, -0.15) is 0 Å². The minimum atomic E-state index is -0.802. The quantitative estimate of drug-likeness (QED) is 0.571. The van der Waals surface area contributed by atoms with Gasteiger partial charge < -0.3 is 20.1 Å². The molecular weight excluding hydrogens is 176 g/mol. The van der Waals surface area contributed by atoms with E-state index < -0.39 is 18.2 Å². The molecule has 1 heterocycles. The third-order valence-corrected chi connectivity index (χ3v) is 1.75. The summed E-state index contributed by atoms with van der Waals surface area (Å²) >= 11 is 0. The average molecular weight is 188 g/mol. The lowest BCUT2D eigenvalue weighted by atomic mass is 10.3. The first-order valence-electron chi connectivity index (χ1n) is 3.92. The fourth-order valence-corrected chi connectivity index (χ4v) is 1.10. The normalized spacial score (nSPS) is 21.5. The van der Waals surface area contributed by atoms with Gasteiger partial charge in [0.2, 0.25) is 6.10 Å². The zero-order chi connectivity index (χ0) is 9.84. The van der Waals surface area contributed by atoms with E-state index in [-0.39, 0.29) is 6.54 Å². The third kappa shape index (κ3) is 2.09. The predicted octanol–water partition coefficient (Wildman–Crippen LogP) is -1.06. The van der Waals surface area contributed by atoms with Gasteiger partial charge >= 0.3 is 12.1 Å². The van der Waals surface area contributed by atoms with Gasteiger partial charge in [-0.15, -0.1) is 0 Å². The number of ether oxygens (including phenoxy) is 2. The first-order valence-corrected chi connectivity index (χ1v) is 3.92. The number of hydrogen-bond donors (Lipinski definition) is 1. The largest absolute Gasteiger partial charge is 0.466 e. The molecule has 1 amide bonds. The zero-order valence-electron chi connectivity index (χ0n) is 7.36. The summed E-state index contributed by atoms with van der Waals surface area (Å²) in [5.41, 5.74) is 5.26. The van der Waals surface area contributed by atoms with Gasteiger partial charge in [-0.3, -0.25) is 0 Å². The van der Waals surface area contributed by atoms with Crippen molar-refractivity contribution in [2.45, 2.75) is 6.10 Å². The predicted molar refractivity (Wildman–Crippen MR) is 42.9 cm³/mol. The maximum atomic E-state index is 11.0. The van der Waals surface area contributed by atoms with Crippen LogP contribution >= 0.6 is 0 Å². The van der Waals surface area contributed by atoms with E-state index in [0.29, 0.717) is 13.1 Å². The van der Waals surface area contributed by atoms with E-state index in [4.69, 9.17) is 10.5 Å². The number of nitrogens with zero attached hydrogens (tertiary/aromatic N) is 1. The molecule has 0 aromatic carbocycles. The number of hydrogen-bond acceptors (Lipinski definition) is 5. The molecule has 1 atom stereocenters. The van der Waals surface area contributed by atoms with Gasteiger partial charge in [-0.05, 0) is 0 Å². The van der Waals surface area contributed by atoms with Gasteiger partial charge in [-0.25, -0.2) is 9.59 Å². The molecule has 0 aromatic rings. The molecule has 0 saturated carbocycles. The van der Waals surface area contributed by atoms with Crippen molar-refractivity contribution < 1.29 is 19.1 Å². The second-order valence-electron chi connectivity index (χ2n) is 2.63. The van der Waals surface area contributed by atoms with E-state index in [1.54, 1.807) is 0 Å². The smallest absolute Gasteiger partial charge is 0.410 e. The molecule has 6 heteroatoms. The highest BCUT2D eigenvalue weighted by Gasteiger charge is 2.36. The standard InChI is InChI=1S/C7H12N2O4/c1-12-6(10)5-4-9(3-2-8)7(11)13-5/h5H,2-4,8H2,1H3. The van der Waals surface area contributed by atoms with E-state index in [9.17, 15) is 9.59 Å². The number of rotatable bonds is 3. The van der Waals surface area contributed by atoms with E-state index in [2.05, 4.69) is 4.74 Å². The van der Waals surface area contributed by atoms with Crippen molar-refractivity contribution in [2.24, 2.45) is 5.73 Å². The summed E-state index contributed by atoms with van der Waals surface area (Å²) in [6, 6.07) is 0. The molecule has 1 aliphatic rings. The molecule has 0 bridgehead atoms. The average Bonchev–Trinajstić information content (AvgIpc) is 2.47. The van der Waals surface area contributed by atoms with Crippen molar-refractivity contribution in [1.29, 1.82) is 0 Å². The van der Waals surface area contributed by atoms with Crippen LogP contribution in [0.3, 0.4) is 0 Å². The summed E-state index contributed by atoms with van der Waals surface area (Å²) in [7, 11) is 1.25. The number of carbonyl (C=O) groups excluding carboxylic acids is 2. The highest BCUT2D eigenvalue weighted by Crippen LogP contribution is 2.11. The van der Waals surface area contributed by atoms with Gasteiger partial charge in [0.15, 0.2) is 0 Å². The van der Waals surface area contributed by atoms with Crippen molar-refractivity contribution in [2.75, 3.05) is 26.7 Å². The van der Waals surface area contributed by atoms with E-state index >= 15 is 0 Å². The zero-order valence-corrected chi connectivity index (χ0v) is 7.36. The van der Waals surface area contributed by atoms with E-state index in [0.717, 1.165) is 0 Å². The molecule has 1 fully saturated rings. The molecule has 0 aliphatic carbocycles. The van der Waals surface area contributed by atoms with Crippen LogP contribution in [0.25, 0.3) is 0 Å². The Morgan fingerprint density at radius 3 is 3.08 bits per heavy atom. The molecule has 1 saturated heterocycles. The third-order valence-electron chi connectivity index (χ3n) is 1.75. The summed E-state index contributed by atoms with van der Waals surface area (Å²) in [5, 5.41) is 0. The van der Waals surface area contributed by atoms with Crippen LogP contribution in [0.5, 0.6) is 0 Å². The topological polar surface area (TPSA) is 81.9 Å². The Hall–Kier alpha value is -1.30. The SMILES string of the molecule is COC(=O)C1CN(CCN)C(=O)O1. The molecular formula is C7H12N2O4. The van der Waals surface area contributed by atoms with Crippen LogP contribution in [0.1, 0.15) is 0 Å². The van der Waals surface area contributed by atoms with Crippen molar-refractivity contribution >= 4 is 12.1 Å². The lowest BCUT2D eigenvalue weighted by molar-refractivity contribution is -0.148. The van der Waals surface area contributed by atoms with Gasteiger partial charge in [-0.1, -0.05) is 0 Å². The molecule has 1 rings (SSSR count). The summed E-state index contributed by atoms with van der Waals surface area (Å²) in [6.45, 7) is 0.970. The van der Waals surface area contributed by atoms with Crippen molar-refractivity contribution in [3.63, 3.8) is 0 Å². The van der Waals surface area contributed by atoms with Gasteiger partial charge in [0.1, 0.15) is 0 Å². The van der Waals surface area contributed by atoms with Gasteiger partial charge in [0.25, 0.3) is 0 Å². The van der Waals surface area contributed by atoms with E-state index in [1.165, 1.54) is 12.0 Å². The van der Waals surface area contributed by atoms with Gasteiger partial charge in [0.05, 0.1) is 13.7 Å². The summed E-state index contributed by atoms with van der Waals surface area (Å²) < 4.78 is 9.17. The van der Waals surface area contributed by atoms with Crippen LogP contribution in [-0.4, -0.2) is 49.8 Å². The minimum Gasteiger partial charge on any atom is -0.466 e. The molecule has 74 valence electrons. The van der Waals surface area contributed by atoms with Crippen LogP contribution in [0, 0.1) is 0 Å². The highest BCUT2D eigenvalue weighted by atomic mass is 16.6. The van der Waals surface area contributed by atoms with Crippen LogP contribution in [0.15, 0.2) is 0 Å². The molecule has 0 radical (unpaired) electrons. The Morgan fingerprint density at radius 1 is 1.85 bits per heavy atom. The number of nitrogens with two attached hydrogens (primary N) is 1. The monoisotopic (exact) mass is 188 g/mol. The molecule has 13 heavy (non-hydrogen) atoms. The number of carbonyl (C=O) groups is 2. The lowest BCUT2D eigenvalue weighted by Crippen LogP contribution is -2.32. The van der Waals surface area contributed by atoms with E-state index in [1.807, 2.05) is 0 Å². The Balaban J connectivity index is 2.49. The molecule has 1 aliphatic heterocycles.